The molecule has 0 saturated carbocycles. The Balaban J connectivity index is 1.48. The van der Waals surface area contributed by atoms with E-state index in [1.807, 2.05) is 0 Å². The normalized spacial score (nSPS) is 13.2. The Morgan fingerprint density at radius 2 is 1.09 bits per heavy atom. The summed E-state index contributed by atoms with van der Waals surface area (Å²) in [5.74, 6) is 0. The van der Waals surface area contributed by atoms with E-state index in [0.717, 1.165) is 0 Å². The molecule has 156 valence electrons. The van der Waals surface area contributed by atoms with Gasteiger partial charge in [0.15, 0.2) is 0 Å². The quantitative estimate of drug-likeness (QED) is 0.220. The molecule has 0 fully saturated rings. The smallest absolute Gasteiger partial charge is 0.248 e. The minimum atomic E-state index is 0.283. The molecule has 0 saturated heterocycles. The van der Waals surface area contributed by atoms with Crippen LogP contribution in [0.1, 0.15) is 0 Å². The van der Waals surface area contributed by atoms with Gasteiger partial charge in [-0.05, 0) is 56.4 Å². The maximum absolute atomic E-state index is 2.49. The van der Waals surface area contributed by atoms with E-state index >= 15 is 0 Å². The average Bonchev–Trinajstić information content (AvgIpc) is 3.25. The number of fused-ring (bicyclic) bond motifs is 8. The summed E-state index contributed by atoms with van der Waals surface area (Å²) in [6.45, 7) is 0.283. The summed E-state index contributed by atoms with van der Waals surface area (Å²) >= 11 is 0. The fourth-order valence-electron chi connectivity index (χ4n) is 6.30. The molecule has 0 aliphatic carbocycles. The summed E-state index contributed by atoms with van der Waals surface area (Å²) in [6, 6.07) is 44.6. The van der Waals surface area contributed by atoms with Crippen LogP contribution in [0.25, 0.3) is 32.7 Å². The number of hydrogen-bond acceptors (Lipinski definition) is 1. The van der Waals surface area contributed by atoms with E-state index < -0.39 is 0 Å². The van der Waals surface area contributed by atoms with Crippen molar-refractivity contribution in [1.82, 2.24) is 0 Å². The van der Waals surface area contributed by atoms with E-state index in [1.54, 1.807) is 0 Å². The molecule has 0 N–H and O–H groups in total. The first-order valence-electron chi connectivity index (χ1n) is 11.9. The minimum Gasteiger partial charge on any atom is -0.311 e. The fraction of sp³-hybridized carbons (Fsp3) is 0. The zero-order valence-corrected chi connectivity index (χ0v) is 18.6. The highest BCUT2D eigenvalue weighted by Crippen LogP contribution is 2.43. The second-order valence-corrected chi connectivity index (χ2v) is 9.31. The molecule has 0 amide bonds. The first-order chi connectivity index (χ1) is 16.9. The van der Waals surface area contributed by atoms with Gasteiger partial charge in [0.25, 0.3) is 0 Å². The van der Waals surface area contributed by atoms with Crippen LogP contribution in [-0.2, 0) is 0 Å². The van der Waals surface area contributed by atoms with Crippen molar-refractivity contribution < 1.29 is 0 Å². The van der Waals surface area contributed by atoms with E-state index in [0.29, 0.717) is 0 Å². The summed E-state index contributed by atoms with van der Waals surface area (Å²) in [6.07, 6.45) is 0. The molecule has 2 aliphatic heterocycles. The van der Waals surface area contributed by atoms with E-state index in [4.69, 9.17) is 0 Å². The van der Waals surface area contributed by atoms with Crippen molar-refractivity contribution in [3.8, 4) is 11.1 Å². The van der Waals surface area contributed by atoms with Gasteiger partial charge in [0.2, 0.25) is 6.71 Å². The summed E-state index contributed by atoms with van der Waals surface area (Å²) in [7, 11) is 0. The second kappa shape index (κ2) is 6.62. The SMILES string of the molecule is c1ccc2c(c1)B1c3ccccc3N(c3cccc4c3ccc3ccccc34)c3cccc-2c31. The molecule has 2 heteroatoms. The van der Waals surface area contributed by atoms with Gasteiger partial charge < -0.3 is 4.90 Å². The molecular formula is C32H20BN. The van der Waals surface area contributed by atoms with Crippen LogP contribution >= 0.6 is 0 Å². The predicted molar refractivity (Wildman–Crippen MR) is 146 cm³/mol. The van der Waals surface area contributed by atoms with Crippen molar-refractivity contribution in [1.29, 1.82) is 0 Å². The van der Waals surface area contributed by atoms with Crippen LogP contribution in [0, 0.1) is 0 Å². The zero-order valence-electron chi connectivity index (χ0n) is 18.6. The van der Waals surface area contributed by atoms with Crippen molar-refractivity contribution >= 4 is 61.7 Å². The van der Waals surface area contributed by atoms with Gasteiger partial charge >= 0.3 is 0 Å². The van der Waals surface area contributed by atoms with Gasteiger partial charge in [0.1, 0.15) is 0 Å². The number of nitrogens with zero attached hydrogens (tertiary/aromatic N) is 1. The lowest BCUT2D eigenvalue weighted by molar-refractivity contribution is 1.31. The monoisotopic (exact) mass is 429 g/mol. The Morgan fingerprint density at radius 1 is 0.412 bits per heavy atom. The highest BCUT2D eigenvalue weighted by Gasteiger charge is 2.42. The number of para-hydroxylation sites is 1. The number of anilines is 3. The molecule has 1 nitrogen and oxygen atoms in total. The zero-order chi connectivity index (χ0) is 22.2. The Bertz CT molecular complexity index is 1780. The molecule has 6 aromatic rings. The highest BCUT2D eigenvalue weighted by atomic mass is 15.2. The van der Waals surface area contributed by atoms with Crippen LogP contribution in [0.3, 0.4) is 0 Å². The van der Waals surface area contributed by atoms with Gasteiger partial charge in [-0.25, -0.2) is 0 Å². The predicted octanol–water partition coefficient (Wildman–Crippen LogP) is 6.27. The molecule has 0 atom stereocenters. The first kappa shape index (κ1) is 18.2. The van der Waals surface area contributed by atoms with Crippen molar-refractivity contribution in [2.75, 3.05) is 4.90 Å². The van der Waals surface area contributed by atoms with Crippen LogP contribution in [0.2, 0.25) is 0 Å². The lowest BCUT2D eigenvalue weighted by Gasteiger charge is -2.36. The molecule has 34 heavy (non-hydrogen) atoms. The lowest BCUT2D eigenvalue weighted by Crippen LogP contribution is -2.54. The standard InChI is InChI=1S/C32H20BN/c1-2-10-22-21(9-1)19-20-25-23(22)12-7-17-29(25)34-30-16-6-5-15-28(30)33-27-14-4-3-11-24(27)26-13-8-18-31(34)32(26)33/h1-20H. The van der Waals surface area contributed by atoms with Crippen LogP contribution in [0.4, 0.5) is 17.1 Å². The molecule has 8 rings (SSSR count). The number of benzene rings is 6. The fourth-order valence-corrected chi connectivity index (χ4v) is 6.30. The number of rotatable bonds is 1. The summed E-state index contributed by atoms with van der Waals surface area (Å²) in [5, 5.41) is 5.16. The van der Waals surface area contributed by atoms with Gasteiger partial charge in [0.05, 0.1) is 5.69 Å². The molecule has 0 unspecified atom stereocenters. The van der Waals surface area contributed by atoms with Crippen molar-refractivity contribution in [3.05, 3.63) is 121 Å². The Labute approximate surface area is 199 Å². The van der Waals surface area contributed by atoms with Gasteiger partial charge in [-0.1, -0.05) is 109 Å². The maximum atomic E-state index is 2.49. The van der Waals surface area contributed by atoms with Gasteiger partial charge in [-0.2, -0.15) is 0 Å². The molecule has 6 aromatic carbocycles. The molecule has 2 aliphatic rings. The van der Waals surface area contributed by atoms with Gasteiger partial charge in [0, 0.05) is 16.8 Å². The lowest BCUT2D eigenvalue weighted by atomic mass is 9.37. The molecule has 0 radical (unpaired) electrons. The molecule has 0 bridgehead atoms. The topological polar surface area (TPSA) is 3.24 Å². The van der Waals surface area contributed by atoms with E-state index in [9.17, 15) is 0 Å². The van der Waals surface area contributed by atoms with Crippen molar-refractivity contribution in [3.63, 3.8) is 0 Å². The van der Waals surface area contributed by atoms with E-state index in [1.165, 1.54) is 66.1 Å². The van der Waals surface area contributed by atoms with Gasteiger partial charge in [-0.15, -0.1) is 0 Å². The molecule has 2 heterocycles. The average molecular weight is 429 g/mol. The van der Waals surface area contributed by atoms with Crippen LogP contribution < -0.4 is 21.3 Å². The minimum absolute atomic E-state index is 0.283. The Kier molecular flexibility index (Phi) is 3.54. The van der Waals surface area contributed by atoms with E-state index in [-0.39, 0.29) is 6.71 Å². The van der Waals surface area contributed by atoms with E-state index in [2.05, 4.69) is 126 Å². The summed E-state index contributed by atoms with van der Waals surface area (Å²) < 4.78 is 0. The summed E-state index contributed by atoms with van der Waals surface area (Å²) in [4.78, 5) is 2.49. The molecule has 0 aromatic heterocycles. The van der Waals surface area contributed by atoms with Crippen LogP contribution in [0.15, 0.2) is 121 Å². The van der Waals surface area contributed by atoms with Crippen molar-refractivity contribution in [2.24, 2.45) is 0 Å². The molecule has 0 spiro atoms. The third-order valence-corrected chi connectivity index (χ3v) is 7.67. The maximum Gasteiger partial charge on any atom is 0.248 e. The first-order valence-corrected chi connectivity index (χ1v) is 11.9. The molecular weight excluding hydrogens is 409 g/mol. The largest absolute Gasteiger partial charge is 0.311 e. The third kappa shape index (κ3) is 2.25. The van der Waals surface area contributed by atoms with Crippen LogP contribution in [0.5, 0.6) is 0 Å². The Hall–Kier alpha value is -4.30. The van der Waals surface area contributed by atoms with Crippen molar-refractivity contribution in [2.45, 2.75) is 0 Å². The third-order valence-electron chi connectivity index (χ3n) is 7.67. The summed E-state index contributed by atoms with van der Waals surface area (Å²) in [5.41, 5.74) is 10.8. The number of hydrogen-bond donors (Lipinski definition) is 0. The highest BCUT2D eigenvalue weighted by molar-refractivity contribution is 7.01. The van der Waals surface area contributed by atoms with Crippen LogP contribution in [-0.4, -0.2) is 6.71 Å². The van der Waals surface area contributed by atoms with Gasteiger partial charge in [-0.3, -0.25) is 0 Å². The Morgan fingerprint density at radius 3 is 2.06 bits per heavy atom. The second-order valence-electron chi connectivity index (χ2n) is 9.31.